The number of thioether (sulfide) groups is 1. The molecule has 1 amide bonds. The third-order valence-corrected chi connectivity index (χ3v) is 5.62. The molecule has 0 aliphatic heterocycles. The minimum Gasteiger partial charge on any atom is -0.351 e. The van der Waals surface area contributed by atoms with E-state index in [9.17, 15) is 9.59 Å². The van der Waals surface area contributed by atoms with Crippen molar-refractivity contribution in [3.8, 4) is 6.07 Å². The van der Waals surface area contributed by atoms with Gasteiger partial charge in [-0.05, 0) is 43.7 Å². The van der Waals surface area contributed by atoms with E-state index in [0.29, 0.717) is 35.4 Å². The number of carbonyl (C=O) groups is 1. The van der Waals surface area contributed by atoms with Crippen molar-refractivity contribution >= 4 is 28.7 Å². The van der Waals surface area contributed by atoms with Crippen LogP contribution in [0.25, 0.3) is 11.0 Å². The van der Waals surface area contributed by atoms with Crippen LogP contribution < -0.4 is 10.9 Å². The van der Waals surface area contributed by atoms with Crippen LogP contribution in [0.5, 0.6) is 0 Å². The monoisotopic (exact) mass is 406 g/mol. The number of hydrogen-bond acceptors (Lipinski definition) is 5. The van der Waals surface area contributed by atoms with E-state index in [1.165, 1.54) is 0 Å². The van der Waals surface area contributed by atoms with Crippen LogP contribution >= 0.6 is 11.8 Å². The van der Waals surface area contributed by atoms with Gasteiger partial charge in [-0.1, -0.05) is 18.2 Å². The summed E-state index contributed by atoms with van der Waals surface area (Å²) in [5, 5.41) is 12.0. The maximum atomic E-state index is 12.5. The highest BCUT2D eigenvalue weighted by Gasteiger charge is 2.11. The molecule has 3 aromatic rings. The number of aromatic nitrogens is 2. The molecule has 7 heteroatoms. The Hall–Kier alpha value is -3.11. The van der Waals surface area contributed by atoms with Gasteiger partial charge in [-0.15, -0.1) is 0 Å². The minimum atomic E-state index is -0.168. The summed E-state index contributed by atoms with van der Waals surface area (Å²) in [6.45, 7) is 4.67. The third-order valence-electron chi connectivity index (χ3n) is 4.61. The van der Waals surface area contributed by atoms with Gasteiger partial charge < -0.3 is 9.88 Å². The lowest BCUT2D eigenvalue weighted by Crippen LogP contribution is -2.26. The topological polar surface area (TPSA) is 87.8 Å². The lowest BCUT2D eigenvalue weighted by atomic mass is 10.1. The Labute approximate surface area is 173 Å². The maximum Gasteiger partial charge on any atom is 0.272 e. The molecule has 1 heterocycles. The largest absolute Gasteiger partial charge is 0.351 e. The Morgan fingerprint density at radius 3 is 2.83 bits per heavy atom. The first-order chi connectivity index (χ1) is 14.0. The number of fused-ring (bicyclic) bond motifs is 1. The lowest BCUT2D eigenvalue weighted by molar-refractivity contribution is 0.0956. The Kier molecular flexibility index (Phi) is 6.68. The highest BCUT2D eigenvalue weighted by atomic mass is 32.2. The Morgan fingerprint density at radius 2 is 2.07 bits per heavy atom. The minimum absolute atomic E-state index is 0.104. The molecule has 2 aromatic carbocycles. The summed E-state index contributed by atoms with van der Waals surface area (Å²) in [5.74, 6) is 1.30. The number of benzene rings is 2. The van der Waals surface area contributed by atoms with Gasteiger partial charge in [0.15, 0.2) is 0 Å². The van der Waals surface area contributed by atoms with Crippen molar-refractivity contribution in [2.45, 2.75) is 26.1 Å². The smallest absolute Gasteiger partial charge is 0.272 e. The van der Waals surface area contributed by atoms with E-state index < -0.39 is 0 Å². The second kappa shape index (κ2) is 9.39. The second-order valence-corrected chi connectivity index (χ2v) is 7.63. The second-order valence-electron chi connectivity index (χ2n) is 6.53. The number of hydrogen-bond donors (Lipinski definition) is 1. The molecule has 0 aliphatic carbocycles. The molecule has 1 N–H and O–H groups in total. The number of carbonyl (C=O) groups excluding carboxylic acids is 1. The number of amides is 1. The number of aryl methyl sites for hydroxylation is 2. The average molecular weight is 407 g/mol. The van der Waals surface area contributed by atoms with Crippen molar-refractivity contribution in [3.05, 3.63) is 75.2 Å². The van der Waals surface area contributed by atoms with Gasteiger partial charge >= 0.3 is 0 Å². The molecule has 29 heavy (non-hydrogen) atoms. The molecule has 1 aromatic heterocycles. The first-order valence-electron chi connectivity index (χ1n) is 9.40. The van der Waals surface area contributed by atoms with Gasteiger partial charge in [-0.25, -0.2) is 4.98 Å². The Bertz CT molecular complexity index is 1150. The van der Waals surface area contributed by atoms with Gasteiger partial charge in [-0.2, -0.15) is 17.0 Å². The quantitative estimate of drug-likeness (QED) is 0.609. The number of nitrogens with one attached hydrogen (secondary N) is 1. The molecule has 0 aliphatic rings. The average Bonchev–Trinajstić information content (AvgIpc) is 2.74. The summed E-state index contributed by atoms with van der Waals surface area (Å²) >= 11 is 1.67. The van der Waals surface area contributed by atoms with Crippen molar-refractivity contribution < 1.29 is 4.79 Å². The fraction of sp³-hybridized carbons (Fsp3) is 0.273. The van der Waals surface area contributed by atoms with Crippen molar-refractivity contribution in [2.24, 2.45) is 0 Å². The van der Waals surface area contributed by atoms with Gasteiger partial charge in [0.2, 0.25) is 0 Å². The van der Waals surface area contributed by atoms with Gasteiger partial charge in [0.05, 0.1) is 22.7 Å². The van der Waals surface area contributed by atoms with Crippen LogP contribution in [-0.2, 0) is 12.3 Å². The first kappa shape index (κ1) is 20.6. The lowest BCUT2D eigenvalue weighted by Gasteiger charge is -2.10. The fourth-order valence-electron chi connectivity index (χ4n) is 3.11. The summed E-state index contributed by atoms with van der Waals surface area (Å²) in [4.78, 5) is 29.0. The molecule has 0 spiro atoms. The SMILES string of the molecule is CCn1c(=O)c(C)nc2cc(C(=O)NCCSCc3ccccc3C#N)ccc21. The normalized spacial score (nSPS) is 10.7. The molecule has 0 saturated heterocycles. The van der Waals surface area contributed by atoms with Crippen molar-refractivity contribution in [1.82, 2.24) is 14.9 Å². The van der Waals surface area contributed by atoms with Crippen LogP contribution in [0.15, 0.2) is 47.3 Å². The van der Waals surface area contributed by atoms with Crippen molar-refractivity contribution in [2.75, 3.05) is 12.3 Å². The van der Waals surface area contributed by atoms with Crippen molar-refractivity contribution in [1.29, 1.82) is 5.26 Å². The van der Waals surface area contributed by atoms with E-state index in [1.807, 2.05) is 31.2 Å². The molecule has 0 radical (unpaired) electrons. The van der Waals surface area contributed by atoms with E-state index in [-0.39, 0.29) is 11.5 Å². The molecule has 0 fully saturated rings. The highest BCUT2D eigenvalue weighted by Crippen LogP contribution is 2.16. The van der Waals surface area contributed by atoms with E-state index >= 15 is 0 Å². The van der Waals surface area contributed by atoms with E-state index in [4.69, 9.17) is 5.26 Å². The zero-order valence-corrected chi connectivity index (χ0v) is 17.3. The van der Waals surface area contributed by atoms with Crippen LogP contribution in [0.4, 0.5) is 0 Å². The molecule has 6 nitrogen and oxygen atoms in total. The summed E-state index contributed by atoms with van der Waals surface area (Å²) < 4.78 is 1.66. The first-order valence-corrected chi connectivity index (χ1v) is 10.6. The van der Waals surface area contributed by atoms with E-state index in [1.54, 1.807) is 41.5 Å². The van der Waals surface area contributed by atoms with Crippen LogP contribution in [0.3, 0.4) is 0 Å². The number of nitrogens with zero attached hydrogens (tertiary/aromatic N) is 3. The molecular weight excluding hydrogens is 384 g/mol. The van der Waals surface area contributed by atoms with E-state index in [2.05, 4.69) is 16.4 Å². The molecular formula is C22H22N4O2S. The summed E-state index contributed by atoms with van der Waals surface area (Å²) in [6, 6.07) is 14.9. The molecule has 148 valence electrons. The maximum absolute atomic E-state index is 12.5. The number of nitriles is 1. The fourth-order valence-corrected chi connectivity index (χ4v) is 3.97. The third kappa shape index (κ3) is 4.66. The van der Waals surface area contributed by atoms with Crippen LogP contribution in [-0.4, -0.2) is 27.8 Å². The predicted octanol–water partition coefficient (Wildman–Crippen LogP) is 3.26. The van der Waals surface area contributed by atoms with Crippen LogP contribution in [0.1, 0.15) is 34.1 Å². The summed E-state index contributed by atoms with van der Waals surface area (Å²) in [7, 11) is 0. The molecule has 0 bridgehead atoms. The molecule has 0 saturated carbocycles. The zero-order chi connectivity index (χ0) is 20.8. The van der Waals surface area contributed by atoms with Gasteiger partial charge in [-0.3, -0.25) is 9.59 Å². The van der Waals surface area contributed by atoms with E-state index in [0.717, 1.165) is 22.6 Å². The van der Waals surface area contributed by atoms with Crippen molar-refractivity contribution in [3.63, 3.8) is 0 Å². The highest BCUT2D eigenvalue weighted by molar-refractivity contribution is 7.98. The Morgan fingerprint density at radius 1 is 1.28 bits per heavy atom. The Balaban J connectivity index is 1.60. The van der Waals surface area contributed by atoms with Gasteiger partial charge in [0, 0.05) is 30.2 Å². The molecule has 3 rings (SSSR count). The van der Waals surface area contributed by atoms with Gasteiger partial charge in [0.25, 0.3) is 11.5 Å². The summed E-state index contributed by atoms with van der Waals surface area (Å²) in [5.41, 5.74) is 3.90. The number of rotatable bonds is 7. The predicted molar refractivity (Wildman–Crippen MR) is 116 cm³/mol. The summed E-state index contributed by atoms with van der Waals surface area (Å²) in [6.07, 6.45) is 0. The molecule has 0 unspecified atom stereocenters. The molecule has 0 atom stereocenters. The van der Waals surface area contributed by atoms with Crippen LogP contribution in [0, 0.1) is 18.3 Å². The van der Waals surface area contributed by atoms with Crippen LogP contribution in [0.2, 0.25) is 0 Å². The standard InChI is InChI=1S/C22H22N4O2S/c1-3-26-20-9-8-16(12-19(20)25-15(2)22(26)28)21(27)24-10-11-29-14-18-7-5-4-6-17(18)13-23/h4-9,12H,3,10-11,14H2,1-2H3,(H,24,27). The van der Waals surface area contributed by atoms with Gasteiger partial charge in [0.1, 0.15) is 5.69 Å². The zero-order valence-electron chi connectivity index (χ0n) is 16.4.